The Morgan fingerprint density at radius 3 is 2.72 bits per heavy atom. The smallest absolute Gasteiger partial charge is 0.315 e. The van der Waals surface area contributed by atoms with Crippen molar-refractivity contribution < 1.29 is 14.1 Å². The first kappa shape index (κ1) is 15.1. The molecule has 1 aliphatic rings. The van der Waals surface area contributed by atoms with Gasteiger partial charge in [-0.3, -0.25) is 10.1 Å². The van der Waals surface area contributed by atoms with Gasteiger partial charge in [0.05, 0.1) is 4.92 Å². The minimum atomic E-state index is -0.429. The Kier molecular flexibility index (Phi) is 3.77. The first-order valence-corrected chi connectivity index (χ1v) is 7.74. The topological polar surface area (TPSA) is 103 Å². The van der Waals surface area contributed by atoms with Crippen LogP contribution in [0.3, 0.4) is 0 Å². The van der Waals surface area contributed by atoms with Gasteiger partial charge in [-0.1, -0.05) is 35.4 Å². The van der Waals surface area contributed by atoms with Gasteiger partial charge in [0.2, 0.25) is 0 Å². The third kappa shape index (κ3) is 3.14. The molecule has 0 radical (unpaired) electrons. The number of non-ortho nitro benzene ring substituents is 1. The van der Waals surface area contributed by atoms with Crippen LogP contribution in [-0.2, 0) is 13.0 Å². The lowest BCUT2D eigenvalue weighted by Crippen LogP contribution is -2.03. The van der Waals surface area contributed by atoms with Gasteiger partial charge < -0.3 is 14.5 Å². The normalized spacial score (nSPS) is 15.4. The Hall–Kier alpha value is -3.42. The minimum absolute atomic E-state index is 0.0572. The molecule has 1 atom stereocenters. The molecule has 0 fully saturated rings. The number of aromatic nitrogens is 2. The van der Waals surface area contributed by atoms with Gasteiger partial charge in [-0.25, -0.2) is 0 Å². The molecule has 1 N–H and O–H groups in total. The third-order valence-corrected chi connectivity index (χ3v) is 3.95. The van der Waals surface area contributed by atoms with Crippen LogP contribution in [0.1, 0.15) is 23.1 Å². The van der Waals surface area contributed by atoms with E-state index in [4.69, 9.17) is 9.15 Å². The summed E-state index contributed by atoms with van der Waals surface area (Å²) in [7, 11) is 0. The summed E-state index contributed by atoms with van der Waals surface area (Å²) in [5.41, 5.74) is 2.04. The number of ether oxygens (including phenoxy) is 1. The van der Waals surface area contributed by atoms with Crippen LogP contribution >= 0.6 is 0 Å². The lowest BCUT2D eigenvalue weighted by Gasteiger charge is -2.05. The van der Waals surface area contributed by atoms with Crippen molar-refractivity contribution >= 4 is 11.7 Å². The summed E-state index contributed by atoms with van der Waals surface area (Å²) in [5, 5.41) is 21.7. The summed E-state index contributed by atoms with van der Waals surface area (Å²) in [6.07, 6.45) is 0.417. The van der Waals surface area contributed by atoms with Crippen LogP contribution in [0.2, 0.25) is 0 Å². The largest absolute Gasteiger partial charge is 0.480 e. The van der Waals surface area contributed by atoms with Crippen molar-refractivity contribution in [1.29, 1.82) is 0 Å². The summed E-state index contributed by atoms with van der Waals surface area (Å²) >= 11 is 0. The number of fused-ring (bicyclic) bond motifs is 1. The fraction of sp³-hybridized carbons (Fsp3) is 0.176. The molecule has 1 unspecified atom stereocenters. The number of anilines is 1. The van der Waals surface area contributed by atoms with E-state index >= 15 is 0 Å². The van der Waals surface area contributed by atoms with Gasteiger partial charge in [0.1, 0.15) is 5.75 Å². The second-order valence-electron chi connectivity index (χ2n) is 5.64. The van der Waals surface area contributed by atoms with Crippen LogP contribution in [0.5, 0.6) is 5.75 Å². The second-order valence-corrected chi connectivity index (χ2v) is 5.64. The molecule has 0 saturated carbocycles. The van der Waals surface area contributed by atoms with E-state index in [0.29, 0.717) is 18.9 Å². The van der Waals surface area contributed by atoms with Crippen molar-refractivity contribution in [3.05, 3.63) is 75.7 Å². The Bertz CT molecular complexity index is 882. The summed E-state index contributed by atoms with van der Waals surface area (Å²) < 4.78 is 11.4. The van der Waals surface area contributed by atoms with Gasteiger partial charge in [0, 0.05) is 25.1 Å². The van der Waals surface area contributed by atoms with Crippen LogP contribution in [0.4, 0.5) is 11.7 Å². The summed E-state index contributed by atoms with van der Waals surface area (Å²) in [5.74, 6) is 1.26. The molecule has 8 nitrogen and oxygen atoms in total. The Morgan fingerprint density at radius 1 is 1.16 bits per heavy atom. The molecule has 4 rings (SSSR count). The van der Waals surface area contributed by atoms with Crippen LogP contribution in [-0.4, -0.2) is 15.1 Å². The molecular weight excluding hydrogens is 324 g/mol. The minimum Gasteiger partial charge on any atom is -0.480 e. The molecule has 0 amide bonds. The number of hydrogen-bond acceptors (Lipinski definition) is 7. The van der Waals surface area contributed by atoms with E-state index < -0.39 is 4.92 Å². The second kappa shape index (κ2) is 6.23. The number of para-hydroxylation sites is 1. The van der Waals surface area contributed by atoms with Gasteiger partial charge in [-0.2, -0.15) is 0 Å². The first-order chi connectivity index (χ1) is 12.2. The van der Waals surface area contributed by atoms with E-state index in [1.165, 1.54) is 12.1 Å². The fourth-order valence-corrected chi connectivity index (χ4v) is 2.67. The average Bonchev–Trinajstić information content (AvgIpc) is 3.26. The summed E-state index contributed by atoms with van der Waals surface area (Å²) in [6, 6.07) is 14.4. The van der Waals surface area contributed by atoms with Crippen molar-refractivity contribution in [3.8, 4) is 5.75 Å². The lowest BCUT2D eigenvalue weighted by molar-refractivity contribution is -0.384. The molecule has 0 bridgehead atoms. The van der Waals surface area contributed by atoms with Crippen LogP contribution in [0.25, 0.3) is 0 Å². The predicted octanol–water partition coefficient (Wildman–Crippen LogP) is 3.27. The van der Waals surface area contributed by atoms with E-state index in [0.717, 1.165) is 16.9 Å². The molecular formula is C17H14N4O4. The molecule has 8 heteroatoms. The maximum atomic E-state index is 10.6. The SMILES string of the molecule is O=[N+]([O-])c1ccc(CNc2nnc(C3Cc4ccccc4O3)o2)cc1. The van der Waals surface area contributed by atoms with Gasteiger partial charge >= 0.3 is 6.01 Å². The van der Waals surface area contributed by atoms with Crippen LogP contribution in [0.15, 0.2) is 52.9 Å². The maximum absolute atomic E-state index is 10.6. The zero-order valence-electron chi connectivity index (χ0n) is 13.1. The molecule has 2 heterocycles. The maximum Gasteiger partial charge on any atom is 0.315 e. The van der Waals surface area contributed by atoms with E-state index in [2.05, 4.69) is 15.5 Å². The molecule has 3 aromatic rings. The Labute approximate surface area is 142 Å². The number of nitro groups is 1. The predicted molar refractivity (Wildman–Crippen MR) is 88.2 cm³/mol. The fourth-order valence-electron chi connectivity index (χ4n) is 2.67. The van der Waals surface area contributed by atoms with Crippen molar-refractivity contribution in [2.24, 2.45) is 0 Å². The van der Waals surface area contributed by atoms with Gasteiger partial charge in [-0.15, -0.1) is 5.10 Å². The molecule has 0 saturated heterocycles. The molecule has 25 heavy (non-hydrogen) atoms. The highest BCUT2D eigenvalue weighted by Crippen LogP contribution is 2.36. The van der Waals surface area contributed by atoms with Crippen LogP contribution < -0.4 is 10.1 Å². The standard InChI is InChI=1S/C17H14N4O4/c22-21(23)13-7-5-11(6-8-13)10-18-17-20-19-16(25-17)15-9-12-3-1-2-4-14(12)24-15/h1-8,15H,9-10H2,(H,18,20). The van der Waals surface area contributed by atoms with Gasteiger partial charge in [-0.05, 0) is 17.2 Å². The quantitative estimate of drug-likeness (QED) is 0.562. The monoisotopic (exact) mass is 338 g/mol. The zero-order valence-corrected chi connectivity index (χ0v) is 13.1. The van der Waals surface area contributed by atoms with E-state index in [1.54, 1.807) is 12.1 Å². The number of benzene rings is 2. The highest BCUT2D eigenvalue weighted by atomic mass is 16.6. The van der Waals surface area contributed by atoms with Gasteiger partial charge in [0.25, 0.3) is 11.6 Å². The molecule has 1 aromatic heterocycles. The van der Waals surface area contributed by atoms with Gasteiger partial charge in [0.15, 0.2) is 6.10 Å². The van der Waals surface area contributed by atoms with Crippen molar-refractivity contribution in [1.82, 2.24) is 10.2 Å². The Morgan fingerprint density at radius 2 is 1.96 bits per heavy atom. The number of hydrogen-bond donors (Lipinski definition) is 1. The Balaban J connectivity index is 1.38. The highest BCUT2D eigenvalue weighted by Gasteiger charge is 2.28. The first-order valence-electron chi connectivity index (χ1n) is 7.74. The van der Waals surface area contributed by atoms with E-state index in [9.17, 15) is 10.1 Å². The number of rotatable bonds is 5. The summed E-state index contributed by atoms with van der Waals surface area (Å²) in [4.78, 5) is 10.2. The molecule has 0 aliphatic carbocycles. The van der Waals surface area contributed by atoms with E-state index in [1.807, 2.05) is 24.3 Å². The van der Waals surface area contributed by atoms with Crippen LogP contribution in [0, 0.1) is 10.1 Å². The molecule has 0 spiro atoms. The molecule has 1 aliphatic heterocycles. The van der Waals surface area contributed by atoms with Crippen molar-refractivity contribution in [3.63, 3.8) is 0 Å². The zero-order chi connectivity index (χ0) is 17.2. The molecule has 126 valence electrons. The number of nitrogens with zero attached hydrogens (tertiary/aromatic N) is 3. The number of nitrogens with one attached hydrogen (secondary N) is 1. The average molecular weight is 338 g/mol. The highest BCUT2D eigenvalue weighted by molar-refractivity contribution is 5.38. The summed E-state index contributed by atoms with van der Waals surface area (Å²) in [6.45, 7) is 0.422. The third-order valence-electron chi connectivity index (χ3n) is 3.95. The van der Waals surface area contributed by atoms with Crippen molar-refractivity contribution in [2.75, 3.05) is 5.32 Å². The van der Waals surface area contributed by atoms with E-state index in [-0.39, 0.29) is 17.8 Å². The van der Waals surface area contributed by atoms with Crippen molar-refractivity contribution in [2.45, 2.75) is 19.1 Å². The number of nitro benzene ring substituents is 1. The lowest BCUT2D eigenvalue weighted by atomic mass is 10.1. The molecule has 2 aromatic carbocycles.